The first-order valence-corrected chi connectivity index (χ1v) is 9.14. The zero-order valence-electron chi connectivity index (χ0n) is 14.8. The van der Waals surface area contributed by atoms with E-state index in [2.05, 4.69) is 11.9 Å². The number of hydrogen-bond donors (Lipinski definition) is 2. The molecule has 8 nitrogen and oxygen atoms in total. The van der Waals surface area contributed by atoms with Crippen LogP contribution >= 0.6 is 7.82 Å². The van der Waals surface area contributed by atoms with Crippen LogP contribution in [0.5, 0.6) is 11.5 Å². The van der Waals surface area contributed by atoms with E-state index in [4.69, 9.17) is 28.2 Å². The normalized spacial score (nSPS) is 19.5. The molecule has 2 N–H and O–H groups in total. The molecule has 0 radical (unpaired) electrons. The van der Waals surface area contributed by atoms with Crippen LogP contribution in [-0.2, 0) is 25.0 Å². The van der Waals surface area contributed by atoms with Gasteiger partial charge in [-0.25, -0.2) is 4.57 Å². The fourth-order valence-corrected chi connectivity index (χ4v) is 3.34. The van der Waals surface area contributed by atoms with Gasteiger partial charge in [-0.1, -0.05) is 18.7 Å². The van der Waals surface area contributed by atoms with Gasteiger partial charge in [-0.3, -0.25) is 9.05 Å². The van der Waals surface area contributed by atoms with Crippen LogP contribution in [0.15, 0.2) is 31.0 Å². The number of aliphatic hydroxyl groups is 1. The molecule has 0 aromatic heterocycles. The number of ether oxygens (including phenoxy) is 2. The third kappa shape index (κ3) is 6.34. The zero-order valence-corrected chi connectivity index (χ0v) is 15.7. The molecule has 0 amide bonds. The highest BCUT2D eigenvalue weighted by molar-refractivity contribution is 7.49. The average molecular weight is 375 g/mol. The van der Waals surface area contributed by atoms with Gasteiger partial charge in [-0.05, 0) is 18.7 Å². The smallest absolute Gasteiger partial charge is 0.493 e. The molecule has 0 saturated heterocycles. The topological polar surface area (TPSA) is 95.5 Å². The van der Waals surface area contributed by atoms with E-state index in [-0.39, 0.29) is 19.3 Å². The van der Waals surface area contributed by atoms with Gasteiger partial charge < -0.3 is 24.4 Å². The highest BCUT2D eigenvalue weighted by Gasteiger charge is 2.36. The lowest BCUT2D eigenvalue weighted by Gasteiger charge is -2.27. The van der Waals surface area contributed by atoms with Crippen molar-refractivity contribution in [2.45, 2.75) is 19.1 Å². The summed E-state index contributed by atoms with van der Waals surface area (Å²) in [5.41, 5.74) is 0.762. The Morgan fingerprint density at radius 2 is 2.20 bits per heavy atom. The van der Waals surface area contributed by atoms with E-state index < -0.39 is 7.82 Å². The molecule has 25 heavy (non-hydrogen) atoms. The number of rotatable bonds is 9. The summed E-state index contributed by atoms with van der Waals surface area (Å²) < 4.78 is 39.2. The molecule has 0 aliphatic carbocycles. The SMILES string of the molecule is C=CNCCC(COP1(=O)OCc2cccc(OC)c2O1)OC.CO. The summed E-state index contributed by atoms with van der Waals surface area (Å²) in [6.07, 6.45) is 2.04. The maximum absolute atomic E-state index is 12.6. The molecule has 142 valence electrons. The van der Waals surface area contributed by atoms with Gasteiger partial charge >= 0.3 is 7.82 Å². The number of hydrogen-bond acceptors (Lipinski definition) is 8. The van der Waals surface area contributed by atoms with Crippen molar-refractivity contribution >= 4 is 7.82 Å². The predicted octanol–water partition coefficient (Wildman–Crippen LogP) is 2.48. The van der Waals surface area contributed by atoms with E-state index in [1.54, 1.807) is 19.4 Å². The van der Waals surface area contributed by atoms with Crippen LogP contribution in [0, 0.1) is 0 Å². The van der Waals surface area contributed by atoms with Gasteiger partial charge in [-0.2, -0.15) is 0 Å². The van der Waals surface area contributed by atoms with Gasteiger partial charge in [0.15, 0.2) is 11.5 Å². The summed E-state index contributed by atoms with van der Waals surface area (Å²) in [5.74, 6) is 0.889. The molecule has 1 aliphatic rings. The molecule has 9 heteroatoms. The summed E-state index contributed by atoms with van der Waals surface area (Å²) in [7, 11) is 0.397. The number of fused-ring (bicyclic) bond motifs is 1. The van der Waals surface area contributed by atoms with Gasteiger partial charge in [0.1, 0.15) is 0 Å². The Hall–Kier alpha value is -1.57. The van der Waals surface area contributed by atoms with E-state index in [0.717, 1.165) is 12.7 Å². The third-order valence-corrected chi connectivity index (χ3v) is 4.69. The average Bonchev–Trinajstić information content (AvgIpc) is 2.65. The molecular weight excluding hydrogens is 349 g/mol. The number of phosphoric acid groups is 1. The lowest BCUT2D eigenvalue weighted by Crippen LogP contribution is -2.24. The van der Waals surface area contributed by atoms with Crippen molar-refractivity contribution in [1.82, 2.24) is 5.32 Å². The van der Waals surface area contributed by atoms with Crippen molar-refractivity contribution in [3.63, 3.8) is 0 Å². The summed E-state index contributed by atoms with van der Waals surface area (Å²) in [6, 6.07) is 5.36. The zero-order chi connectivity index (χ0) is 18.7. The molecule has 0 fully saturated rings. The molecule has 1 aromatic carbocycles. The quantitative estimate of drug-likeness (QED) is 0.502. The molecular formula is C16H26NO7P. The van der Waals surface area contributed by atoms with Gasteiger partial charge in [0.05, 0.1) is 26.4 Å². The summed E-state index contributed by atoms with van der Waals surface area (Å²) in [4.78, 5) is 0. The number of benzene rings is 1. The van der Waals surface area contributed by atoms with Crippen molar-refractivity contribution in [3.8, 4) is 11.5 Å². The molecule has 0 bridgehead atoms. The van der Waals surface area contributed by atoms with Crippen molar-refractivity contribution in [2.24, 2.45) is 0 Å². The van der Waals surface area contributed by atoms with E-state index in [1.807, 2.05) is 12.1 Å². The van der Waals surface area contributed by atoms with Crippen LogP contribution in [0.3, 0.4) is 0 Å². The van der Waals surface area contributed by atoms with Crippen molar-refractivity contribution in [2.75, 3.05) is 34.5 Å². The maximum Gasteiger partial charge on any atom is 0.530 e. The number of aliphatic hydroxyl groups excluding tert-OH is 1. The van der Waals surface area contributed by atoms with Crippen molar-refractivity contribution < 1.29 is 32.7 Å². The van der Waals surface area contributed by atoms with Crippen LogP contribution in [-0.4, -0.2) is 45.7 Å². The molecule has 1 heterocycles. The molecule has 2 unspecified atom stereocenters. The maximum atomic E-state index is 12.6. The minimum Gasteiger partial charge on any atom is -0.493 e. The second-order valence-electron chi connectivity index (χ2n) is 4.86. The van der Waals surface area contributed by atoms with Gasteiger partial charge in [0, 0.05) is 26.3 Å². The van der Waals surface area contributed by atoms with E-state index in [9.17, 15) is 4.57 Å². The Morgan fingerprint density at radius 3 is 2.84 bits per heavy atom. The standard InChI is InChI=1S/C15H22NO6P.CH4O/c1-4-16-9-8-13(18-2)11-21-23(17)20-10-12-6-5-7-14(19-3)15(12)22-23;1-2/h4-7,13,16H,1,8-11H2,2-3H3;2H,1H3. The first-order chi connectivity index (χ1) is 12.1. The summed E-state index contributed by atoms with van der Waals surface area (Å²) in [5, 5.41) is 9.97. The second-order valence-corrected chi connectivity index (χ2v) is 6.45. The van der Waals surface area contributed by atoms with Crippen molar-refractivity contribution in [3.05, 3.63) is 36.5 Å². The third-order valence-electron chi connectivity index (χ3n) is 3.37. The van der Waals surface area contributed by atoms with Crippen LogP contribution in [0.2, 0.25) is 0 Å². The first-order valence-electron chi connectivity index (χ1n) is 7.68. The Bertz CT molecular complexity index is 567. The van der Waals surface area contributed by atoms with Crippen LogP contribution in [0.4, 0.5) is 0 Å². The highest BCUT2D eigenvalue weighted by atomic mass is 31.2. The largest absolute Gasteiger partial charge is 0.530 e. The molecule has 0 spiro atoms. The van der Waals surface area contributed by atoms with Crippen LogP contribution < -0.4 is 14.6 Å². The van der Waals surface area contributed by atoms with Crippen LogP contribution in [0.25, 0.3) is 0 Å². The minimum atomic E-state index is -3.69. The highest BCUT2D eigenvalue weighted by Crippen LogP contribution is 2.56. The van der Waals surface area contributed by atoms with Gasteiger partial charge in [-0.15, -0.1) is 0 Å². The van der Waals surface area contributed by atoms with E-state index in [1.165, 1.54) is 7.11 Å². The Balaban J connectivity index is 0.00000151. The van der Waals surface area contributed by atoms with Crippen LogP contribution in [0.1, 0.15) is 12.0 Å². The second kappa shape index (κ2) is 11.1. The Kier molecular flexibility index (Phi) is 9.55. The van der Waals surface area contributed by atoms with E-state index >= 15 is 0 Å². The monoisotopic (exact) mass is 375 g/mol. The fraction of sp³-hybridized carbons (Fsp3) is 0.500. The number of methoxy groups -OCH3 is 2. The predicted molar refractivity (Wildman–Crippen MR) is 93.7 cm³/mol. The first kappa shape index (κ1) is 21.5. The number of para-hydroxylation sites is 1. The lowest BCUT2D eigenvalue weighted by atomic mass is 10.2. The fourth-order valence-electron chi connectivity index (χ4n) is 2.08. The summed E-state index contributed by atoms with van der Waals surface area (Å²) in [6.45, 7) is 4.48. The van der Waals surface area contributed by atoms with Gasteiger partial charge in [0.25, 0.3) is 0 Å². The minimum absolute atomic E-state index is 0.0943. The Morgan fingerprint density at radius 1 is 1.44 bits per heavy atom. The molecule has 2 rings (SSSR count). The number of nitrogens with one attached hydrogen (secondary N) is 1. The molecule has 0 saturated carbocycles. The molecule has 1 aromatic rings. The van der Waals surface area contributed by atoms with E-state index in [0.29, 0.717) is 24.5 Å². The van der Waals surface area contributed by atoms with Gasteiger partial charge in [0.2, 0.25) is 0 Å². The Labute approximate surface area is 148 Å². The lowest BCUT2D eigenvalue weighted by molar-refractivity contribution is 0.0330. The molecule has 2 atom stereocenters. The summed E-state index contributed by atoms with van der Waals surface area (Å²) >= 11 is 0. The van der Waals surface area contributed by atoms with Crippen molar-refractivity contribution in [1.29, 1.82) is 0 Å². The number of phosphoric ester groups is 1. The molecule has 1 aliphatic heterocycles.